The third-order valence-corrected chi connectivity index (χ3v) is 9.51. The fourth-order valence-electron chi connectivity index (χ4n) is 7.16. The summed E-state index contributed by atoms with van der Waals surface area (Å²) in [5, 5.41) is 9.02. The molecule has 0 aliphatic carbocycles. The van der Waals surface area contributed by atoms with Crippen LogP contribution in [0, 0.1) is 0 Å². The fourth-order valence-corrected chi connectivity index (χ4v) is 7.16. The maximum absolute atomic E-state index is 6.25. The SMILES string of the molecule is c1ccc2c(-c3ccc4ccc(-c5nc(-c6cccc7ccccc67)nc(-c6cccc7oc8ccccc8c67)n5)cc4c3)cccc2c1. The molecule has 8 aromatic carbocycles. The normalized spacial score (nSPS) is 11.7. The van der Waals surface area contributed by atoms with Crippen LogP contribution in [0.1, 0.15) is 0 Å². The van der Waals surface area contributed by atoms with Crippen molar-refractivity contribution in [3.05, 3.63) is 164 Å². The largest absolute Gasteiger partial charge is 0.456 e. The predicted molar refractivity (Wildman–Crippen MR) is 201 cm³/mol. The first-order chi connectivity index (χ1) is 24.3. The Kier molecular flexibility index (Phi) is 6.15. The van der Waals surface area contributed by atoms with Crippen molar-refractivity contribution in [3.63, 3.8) is 0 Å². The maximum atomic E-state index is 6.25. The van der Waals surface area contributed by atoms with E-state index in [9.17, 15) is 0 Å². The van der Waals surface area contributed by atoms with E-state index in [1.165, 1.54) is 21.9 Å². The summed E-state index contributed by atoms with van der Waals surface area (Å²) in [5.41, 5.74) is 6.83. The molecule has 0 N–H and O–H groups in total. The molecule has 0 saturated carbocycles. The smallest absolute Gasteiger partial charge is 0.164 e. The summed E-state index contributed by atoms with van der Waals surface area (Å²) >= 11 is 0. The van der Waals surface area contributed by atoms with Gasteiger partial charge >= 0.3 is 0 Å². The zero-order valence-corrected chi connectivity index (χ0v) is 26.3. The average molecular weight is 626 g/mol. The lowest BCUT2D eigenvalue weighted by molar-refractivity contribution is 0.669. The first-order valence-electron chi connectivity index (χ1n) is 16.4. The van der Waals surface area contributed by atoms with Crippen LogP contribution in [0.5, 0.6) is 0 Å². The van der Waals surface area contributed by atoms with Gasteiger partial charge in [-0.05, 0) is 67.7 Å². The summed E-state index contributed by atoms with van der Waals surface area (Å²) in [6.07, 6.45) is 0. The Morgan fingerprint density at radius 1 is 0.327 bits per heavy atom. The lowest BCUT2D eigenvalue weighted by Gasteiger charge is -2.12. The molecule has 2 heterocycles. The van der Waals surface area contributed by atoms with Crippen molar-refractivity contribution in [3.8, 4) is 45.3 Å². The Morgan fingerprint density at radius 2 is 0.857 bits per heavy atom. The summed E-state index contributed by atoms with van der Waals surface area (Å²) in [6.45, 7) is 0. The summed E-state index contributed by atoms with van der Waals surface area (Å²) in [6, 6.07) is 57.0. The van der Waals surface area contributed by atoms with E-state index in [0.29, 0.717) is 17.5 Å². The molecular formula is C45H27N3O. The Morgan fingerprint density at radius 3 is 1.65 bits per heavy atom. The molecule has 0 spiro atoms. The monoisotopic (exact) mass is 625 g/mol. The van der Waals surface area contributed by atoms with Crippen LogP contribution in [-0.4, -0.2) is 15.0 Å². The maximum Gasteiger partial charge on any atom is 0.164 e. The number of nitrogens with zero attached hydrogens (tertiary/aromatic N) is 3. The van der Waals surface area contributed by atoms with Gasteiger partial charge in [0.15, 0.2) is 17.5 Å². The zero-order chi connectivity index (χ0) is 32.3. The highest BCUT2D eigenvalue weighted by Crippen LogP contribution is 2.38. The molecule has 0 fully saturated rings. The van der Waals surface area contributed by atoms with Gasteiger partial charge in [-0.1, -0.05) is 140 Å². The van der Waals surface area contributed by atoms with Crippen molar-refractivity contribution in [1.82, 2.24) is 15.0 Å². The van der Waals surface area contributed by atoms with E-state index in [-0.39, 0.29) is 0 Å². The highest BCUT2D eigenvalue weighted by atomic mass is 16.3. The molecule has 0 aliphatic rings. The van der Waals surface area contributed by atoms with Crippen molar-refractivity contribution in [2.45, 2.75) is 0 Å². The number of para-hydroxylation sites is 1. The minimum absolute atomic E-state index is 0.606. The quantitative estimate of drug-likeness (QED) is 0.195. The van der Waals surface area contributed by atoms with Crippen LogP contribution in [0.25, 0.3) is 99.5 Å². The van der Waals surface area contributed by atoms with Gasteiger partial charge in [0, 0.05) is 27.5 Å². The van der Waals surface area contributed by atoms with Gasteiger partial charge in [0.2, 0.25) is 0 Å². The minimum Gasteiger partial charge on any atom is -0.456 e. The van der Waals surface area contributed by atoms with E-state index in [0.717, 1.165) is 60.2 Å². The van der Waals surface area contributed by atoms with Crippen molar-refractivity contribution in [1.29, 1.82) is 0 Å². The number of benzene rings is 8. The molecule has 0 amide bonds. The molecule has 49 heavy (non-hydrogen) atoms. The summed E-state index contributed by atoms with van der Waals surface area (Å²) < 4.78 is 6.25. The topological polar surface area (TPSA) is 51.8 Å². The molecule has 0 saturated heterocycles. The number of hydrogen-bond acceptors (Lipinski definition) is 4. The Hall–Kier alpha value is -6.65. The highest BCUT2D eigenvalue weighted by molar-refractivity contribution is 6.12. The van der Waals surface area contributed by atoms with Crippen LogP contribution in [0.4, 0.5) is 0 Å². The lowest BCUT2D eigenvalue weighted by Crippen LogP contribution is -2.01. The zero-order valence-electron chi connectivity index (χ0n) is 26.3. The first kappa shape index (κ1) is 27.5. The molecule has 2 aromatic heterocycles. The lowest BCUT2D eigenvalue weighted by atomic mass is 9.95. The standard InChI is InChI=1S/C45H27N3O/c1-3-14-34-29(10-1)12-7-17-36(34)31-24-22-28-23-25-32(27-33(28)26-31)43-46-44(37-18-8-13-30-11-2-4-15-35(30)37)48-45(47-43)39-19-9-21-41-42(39)38-16-5-6-20-40(38)49-41/h1-27H. The first-order valence-corrected chi connectivity index (χ1v) is 16.4. The molecule has 0 radical (unpaired) electrons. The predicted octanol–water partition coefficient (Wildman–Crippen LogP) is 11.9. The van der Waals surface area contributed by atoms with Crippen molar-refractivity contribution < 1.29 is 4.42 Å². The van der Waals surface area contributed by atoms with E-state index < -0.39 is 0 Å². The summed E-state index contributed by atoms with van der Waals surface area (Å²) in [7, 11) is 0. The van der Waals surface area contributed by atoms with E-state index in [4.69, 9.17) is 19.4 Å². The fraction of sp³-hybridized carbons (Fsp3) is 0. The molecule has 4 heteroatoms. The summed E-state index contributed by atoms with van der Waals surface area (Å²) in [5.74, 6) is 1.86. The Balaban J connectivity index is 1.20. The molecule has 4 nitrogen and oxygen atoms in total. The van der Waals surface area contributed by atoms with Crippen LogP contribution >= 0.6 is 0 Å². The van der Waals surface area contributed by atoms with Gasteiger partial charge < -0.3 is 4.42 Å². The van der Waals surface area contributed by atoms with Gasteiger partial charge in [-0.15, -0.1) is 0 Å². The van der Waals surface area contributed by atoms with E-state index >= 15 is 0 Å². The average Bonchev–Trinajstić information content (AvgIpc) is 3.56. The molecule has 0 atom stereocenters. The summed E-state index contributed by atoms with van der Waals surface area (Å²) in [4.78, 5) is 15.5. The highest BCUT2D eigenvalue weighted by Gasteiger charge is 2.19. The second-order valence-electron chi connectivity index (χ2n) is 12.4. The third-order valence-electron chi connectivity index (χ3n) is 9.51. The number of aromatic nitrogens is 3. The second kappa shape index (κ2) is 11.0. The van der Waals surface area contributed by atoms with E-state index in [2.05, 4.69) is 133 Å². The molecule has 0 aliphatic heterocycles. The second-order valence-corrected chi connectivity index (χ2v) is 12.4. The van der Waals surface area contributed by atoms with Gasteiger partial charge in [-0.3, -0.25) is 0 Å². The minimum atomic E-state index is 0.606. The van der Waals surface area contributed by atoms with Crippen LogP contribution in [-0.2, 0) is 0 Å². The van der Waals surface area contributed by atoms with Crippen molar-refractivity contribution >= 4 is 54.3 Å². The van der Waals surface area contributed by atoms with Gasteiger partial charge in [-0.25, -0.2) is 15.0 Å². The van der Waals surface area contributed by atoms with Crippen LogP contribution in [0.3, 0.4) is 0 Å². The van der Waals surface area contributed by atoms with Gasteiger partial charge in [0.05, 0.1) is 0 Å². The van der Waals surface area contributed by atoms with E-state index in [1.54, 1.807) is 0 Å². The molecule has 10 aromatic rings. The van der Waals surface area contributed by atoms with Gasteiger partial charge in [0.1, 0.15) is 11.2 Å². The van der Waals surface area contributed by atoms with Crippen LogP contribution in [0.2, 0.25) is 0 Å². The molecule has 0 unspecified atom stereocenters. The van der Waals surface area contributed by atoms with Gasteiger partial charge in [0.25, 0.3) is 0 Å². The van der Waals surface area contributed by atoms with Crippen molar-refractivity contribution in [2.24, 2.45) is 0 Å². The molecule has 228 valence electrons. The molecule has 0 bridgehead atoms. The van der Waals surface area contributed by atoms with Crippen LogP contribution < -0.4 is 0 Å². The molecular weight excluding hydrogens is 599 g/mol. The Labute approximate surface area is 282 Å². The number of fused-ring (bicyclic) bond motifs is 6. The Bertz CT molecular complexity index is 2890. The number of furan rings is 1. The number of hydrogen-bond donors (Lipinski definition) is 0. The van der Waals surface area contributed by atoms with E-state index in [1.807, 2.05) is 30.3 Å². The van der Waals surface area contributed by atoms with Gasteiger partial charge in [-0.2, -0.15) is 0 Å². The van der Waals surface area contributed by atoms with Crippen LogP contribution in [0.15, 0.2) is 168 Å². The third kappa shape index (κ3) is 4.57. The number of rotatable bonds is 4. The van der Waals surface area contributed by atoms with Crippen molar-refractivity contribution in [2.75, 3.05) is 0 Å². The molecule has 10 rings (SSSR count).